The fraction of sp³-hybridized carbons (Fsp3) is 0.217. The van der Waals surface area contributed by atoms with Crippen molar-refractivity contribution in [3.8, 4) is 11.5 Å². The SMILES string of the molecule is COC(=O)C1=C(C)N(C)C(=O)/C1=C\c1ccc(OCc2ccccc2)c(OC)c1. The van der Waals surface area contributed by atoms with Crippen LogP contribution in [0.4, 0.5) is 0 Å². The van der Waals surface area contributed by atoms with Crippen LogP contribution in [-0.4, -0.2) is 38.0 Å². The quantitative estimate of drug-likeness (QED) is 0.554. The van der Waals surface area contributed by atoms with Gasteiger partial charge in [-0.05, 0) is 36.3 Å². The molecule has 1 amide bonds. The third-order valence-electron chi connectivity index (χ3n) is 4.79. The van der Waals surface area contributed by atoms with Crippen LogP contribution in [0, 0.1) is 0 Å². The predicted octanol–water partition coefficient (Wildman–Crippen LogP) is 3.58. The zero-order valence-corrected chi connectivity index (χ0v) is 16.9. The summed E-state index contributed by atoms with van der Waals surface area (Å²) in [4.78, 5) is 26.2. The molecule has 0 aromatic heterocycles. The number of carbonyl (C=O) groups excluding carboxylic acids is 2. The molecule has 0 N–H and O–H groups in total. The van der Waals surface area contributed by atoms with Gasteiger partial charge in [0.15, 0.2) is 11.5 Å². The van der Waals surface area contributed by atoms with E-state index in [1.165, 1.54) is 12.0 Å². The van der Waals surface area contributed by atoms with Crippen LogP contribution in [0.5, 0.6) is 11.5 Å². The van der Waals surface area contributed by atoms with Gasteiger partial charge in [0.05, 0.1) is 25.4 Å². The van der Waals surface area contributed by atoms with Gasteiger partial charge in [-0.3, -0.25) is 4.79 Å². The van der Waals surface area contributed by atoms with E-state index < -0.39 is 5.97 Å². The first kappa shape index (κ1) is 20.2. The first-order chi connectivity index (χ1) is 14.0. The van der Waals surface area contributed by atoms with Crippen molar-refractivity contribution < 1.29 is 23.8 Å². The summed E-state index contributed by atoms with van der Waals surface area (Å²) in [5.41, 5.74) is 2.87. The number of nitrogens with zero attached hydrogens (tertiary/aromatic N) is 1. The van der Waals surface area contributed by atoms with Crippen molar-refractivity contribution in [3.05, 3.63) is 76.5 Å². The highest BCUT2D eigenvalue weighted by Gasteiger charge is 2.34. The van der Waals surface area contributed by atoms with Crippen molar-refractivity contribution in [2.75, 3.05) is 21.3 Å². The van der Waals surface area contributed by atoms with E-state index in [0.29, 0.717) is 29.4 Å². The molecule has 0 bridgehead atoms. The Morgan fingerprint density at radius 3 is 2.45 bits per heavy atom. The van der Waals surface area contributed by atoms with E-state index in [1.807, 2.05) is 36.4 Å². The van der Waals surface area contributed by atoms with Gasteiger partial charge in [0.25, 0.3) is 5.91 Å². The lowest BCUT2D eigenvalue weighted by Crippen LogP contribution is -2.19. The molecule has 2 aromatic rings. The standard InChI is InChI=1S/C23H23NO5/c1-15-21(23(26)28-4)18(22(25)24(15)2)12-17-10-11-19(20(13-17)27-3)29-14-16-8-6-5-7-9-16/h5-13H,14H2,1-4H3/b18-12-. The van der Waals surface area contributed by atoms with E-state index in [2.05, 4.69) is 0 Å². The summed E-state index contributed by atoms with van der Waals surface area (Å²) in [5, 5.41) is 0. The normalized spacial score (nSPS) is 15.1. The van der Waals surface area contributed by atoms with Gasteiger partial charge in [-0.25, -0.2) is 4.79 Å². The second kappa shape index (κ2) is 8.65. The molecule has 150 valence electrons. The lowest BCUT2D eigenvalue weighted by atomic mass is 10.0. The maximum Gasteiger partial charge on any atom is 0.340 e. The molecule has 0 saturated carbocycles. The maximum absolute atomic E-state index is 12.6. The van der Waals surface area contributed by atoms with Gasteiger partial charge in [0.1, 0.15) is 6.61 Å². The lowest BCUT2D eigenvalue weighted by molar-refractivity contribution is -0.136. The molecule has 2 aromatic carbocycles. The summed E-state index contributed by atoms with van der Waals surface area (Å²) >= 11 is 0. The highest BCUT2D eigenvalue weighted by molar-refractivity contribution is 6.16. The number of hydrogen-bond donors (Lipinski definition) is 0. The van der Waals surface area contributed by atoms with Crippen LogP contribution < -0.4 is 9.47 Å². The maximum atomic E-state index is 12.6. The predicted molar refractivity (Wildman–Crippen MR) is 109 cm³/mol. The molecular weight excluding hydrogens is 370 g/mol. The highest BCUT2D eigenvalue weighted by Crippen LogP contribution is 2.33. The van der Waals surface area contributed by atoms with Gasteiger partial charge in [-0.1, -0.05) is 36.4 Å². The number of allylic oxidation sites excluding steroid dienone is 1. The minimum atomic E-state index is -0.541. The molecule has 6 heteroatoms. The van der Waals surface area contributed by atoms with Crippen LogP contribution in [0.3, 0.4) is 0 Å². The van der Waals surface area contributed by atoms with Crippen LogP contribution in [0.25, 0.3) is 6.08 Å². The first-order valence-electron chi connectivity index (χ1n) is 9.10. The van der Waals surface area contributed by atoms with Crippen molar-refractivity contribution >= 4 is 18.0 Å². The second-order valence-corrected chi connectivity index (χ2v) is 6.56. The fourth-order valence-electron chi connectivity index (χ4n) is 3.09. The van der Waals surface area contributed by atoms with Gasteiger partial charge in [0.2, 0.25) is 0 Å². The number of amides is 1. The number of hydrogen-bond acceptors (Lipinski definition) is 5. The molecule has 29 heavy (non-hydrogen) atoms. The Hall–Kier alpha value is -3.54. The largest absolute Gasteiger partial charge is 0.493 e. The van der Waals surface area contributed by atoms with Crippen LogP contribution in [0.15, 0.2) is 65.4 Å². The molecular formula is C23H23NO5. The summed E-state index contributed by atoms with van der Waals surface area (Å²) in [6.07, 6.45) is 1.66. The topological polar surface area (TPSA) is 65.1 Å². The fourth-order valence-corrected chi connectivity index (χ4v) is 3.09. The zero-order valence-electron chi connectivity index (χ0n) is 16.9. The Kier molecular flexibility index (Phi) is 6.02. The number of benzene rings is 2. The molecule has 1 heterocycles. The van der Waals surface area contributed by atoms with Crippen molar-refractivity contribution in [1.82, 2.24) is 4.90 Å². The number of ether oxygens (including phenoxy) is 3. The Bertz CT molecular complexity index is 992. The highest BCUT2D eigenvalue weighted by atomic mass is 16.5. The van der Waals surface area contributed by atoms with Gasteiger partial charge >= 0.3 is 5.97 Å². The minimum Gasteiger partial charge on any atom is -0.493 e. The van der Waals surface area contributed by atoms with E-state index >= 15 is 0 Å². The summed E-state index contributed by atoms with van der Waals surface area (Å²) in [5.74, 6) is 0.329. The number of carbonyl (C=O) groups is 2. The molecule has 0 radical (unpaired) electrons. The number of esters is 1. The van der Waals surface area contributed by atoms with E-state index in [-0.39, 0.29) is 17.1 Å². The Morgan fingerprint density at radius 1 is 1.07 bits per heavy atom. The van der Waals surface area contributed by atoms with E-state index in [4.69, 9.17) is 14.2 Å². The Labute approximate surface area is 170 Å². The molecule has 0 fully saturated rings. The number of likely N-dealkylation sites (N-methyl/N-ethyl adjacent to an activating group) is 1. The zero-order chi connectivity index (χ0) is 21.0. The second-order valence-electron chi connectivity index (χ2n) is 6.56. The Balaban J connectivity index is 1.89. The summed E-state index contributed by atoms with van der Waals surface area (Å²) in [7, 11) is 4.48. The van der Waals surface area contributed by atoms with Gasteiger partial charge < -0.3 is 19.1 Å². The van der Waals surface area contributed by atoms with Crippen LogP contribution >= 0.6 is 0 Å². The molecule has 0 aliphatic carbocycles. The average Bonchev–Trinajstić information content (AvgIpc) is 2.96. The average molecular weight is 393 g/mol. The lowest BCUT2D eigenvalue weighted by Gasteiger charge is -2.12. The molecule has 0 saturated heterocycles. The third kappa shape index (κ3) is 4.16. The minimum absolute atomic E-state index is 0.258. The van der Waals surface area contributed by atoms with Gasteiger partial charge in [0, 0.05) is 12.7 Å². The molecule has 0 spiro atoms. The van der Waals surface area contributed by atoms with Crippen molar-refractivity contribution in [1.29, 1.82) is 0 Å². The summed E-state index contributed by atoms with van der Waals surface area (Å²) < 4.78 is 16.2. The van der Waals surface area contributed by atoms with Crippen LogP contribution in [0.1, 0.15) is 18.1 Å². The van der Waals surface area contributed by atoms with E-state index in [0.717, 1.165) is 5.56 Å². The summed E-state index contributed by atoms with van der Waals surface area (Å²) in [6.45, 7) is 2.13. The Morgan fingerprint density at radius 2 is 1.79 bits per heavy atom. The molecule has 6 nitrogen and oxygen atoms in total. The van der Waals surface area contributed by atoms with Crippen molar-refractivity contribution in [2.45, 2.75) is 13.5 Å². The number of rotatable bonds is 6. The molecule has 1 aliphatic heterocycles. The van der Waals surface area contributed by atoms with E-state index in [9.17, 15) is 9.59 Å². The van der Waals surface area contributed by atoms with E-state index in [1.54, 1.807) is 39.3 Å². The van der Waals surface area contributed by atoms with Gasteiger partial charge in [-0.15, -0.1) is 0 Å². The van der Waals surface area contributed by atoms with Crippen LogP contribution in [0.2, 0.25) is 0 Å². The van der Waals surface area contributed by atoms with Gasteiger partial charge in [-0.2, -0.15) is 0 Å². The monoisotopic (exact) mass is 393 g/mol. The smallest absolute Gasteiger partial charge is 0.340 e. The molecule has 0 unspecified atom stereocenters. The molecule has 0 atom stereocenters. The van der Waals surface area contributed by atoms with Crippen molar-refractivity contribution in [3.63, 3.8) is 0 Å². The van der Waals surface area contributed by atoms with Crippen LogP contribution in [-0.2, 0) is 20.9 Å². The third-order valence-corrected chi connectivity index (χ3v) is 4.79. The first-order valence-corrected chi connectivity index (χ1v) is 9.10. The molecule has 1 aliphatic rings. The number of methoxy groups -OCH3 is 2. The summed E-state index contributed by atoms with van der Waals surface area (Å²) in [6, 6.07) is 15.2. The molecule has 3 rings (SSSR count). The van der Waals surface area contributed by atoms with Crippen molar-refractivity contribution in [2.24, 2.45) is 0 Å².